The molecule has 0 bridgehead atoms. The standard InChI is InChI=1S/C22H33F2N3O2.HI/c1-2-25-22(26-9-6-17-13-18(23)15-19(24)14-17)27-10-7-20(8-11-27)29-16-21-5-3-4-12-28-21;/h13-15,20-21H,2-12,16H2,1H3,(H,25,26);1H. The lowest BCUT2D eigenvalue weighted by Gasteiger charge is -2.35. The number of ether oxygens (including phenoxy) is 2. The molecule has 2 saturated heterocycles. The second-order valence-electron chi connectivity index (χ2n) is 7.77. The highest BCUT2D eigenvalue weighted by Crippen LogP contribution is 2.18. The highest BCUT2D eigenvalue weighted by molar-refractivity contribution is 14.0. The van der Waals surface area contributed by atoms with Crippen molar-refractivity contribution in [1.29, 1.82) is 0 Å². The van der Waals surface area contributed by atoms with Gasteiger partial charge in [0, 0.05) is 38.9 Å². The van der Waals surface area contributed by atoms with E-state index in [2.05, 4.69) is 15.2 Å². The molecule has 0 amide bonds. The van der Waals surface area contributed by atoms with E-state index in [1.54, 1.807) is 0 Å². The molecule has 0 aliphatic carbocycles. The Morgan fingerprint density at radius 2 is 1.90 bits per heavy atom. The summed E-state index contributed by atoms with van der Waals surface area (Å²) in [5, 5.41) is 3.33. The van der Waals surface area contributed by atoms with E-state index in [-0.39, 0.29) is 36.2 Å². The molecule has 2 aliphatic rings. The van der Waals surface area contributed by atoms with Crippen LogP contribution < -0.4 is 5.32 Å². The van der Waals surface area contributed by atoms with E-state index in [9.17, 15) is 8.78 Å². The van der Waals surface area contributed by atoms with E-state index in [0.717, 1.165) is 64.0 Å². The molecule has 30 heavy (non-hydrogen) atoms. The van der Waals surface area contributed by atoms with E-state index in [1.165, 1.54) is 18.6 Å². The van der Waals surface area contributed by atoms with Crippen molar-refractivity contribution < 1.29 is 18.3 Å². The fraction of sp³-hybridized carbons (Fsp3) is 0.682. The number of nitrogens with one attached hydrogen (secondary N) is 1. The highest BCUT2D eigenvalue weighted by Gasteiger charge is 2.23. The van der Waals surface area contributed by atoms with Crippen LogP contribution in [-0.2, 0) is 15.9 Å². The van der Waals surface area contributed by atoms with Crippen molar-refractivity contribution in [3.8, 4) is 0 Å². The first-order valence-electron chi connectivity index (χ1n) is 10.9. The van der Waals surface area contributed by atoms with E-state index >= 15 is 0 Å². The van der Waals surface area contributed by atoms with Crippen molar-refractivity contribution in [3.63, 3.8) is 0 Å². The minimum atomic E-state index is -0.545. The van der Waals surface area contributed by atoms with Crippen molar-refractivity contribution in [2.45, 2.75) is 57.7 Å². The molecule has 2 aliphatic heterocycles. The summed E-state index contributed by atoms with van der Waals surface area (Å²) in [4.78, 5) is 6.90. The minimum Gasteiger partial charge on any atom is -0.376 e. The number of nitrogens with zero attached hydrogens (tertiary/aromatic N) is 2. The van der Waals surface area contributed by atoms with E-state index < -0.39 is 11.6 Å². The smallest absolute Gasteiger partial charge is 0.193 e. The highest BCUT2D eigenvalue weighted by atomic mass is 127. The maximum atomic E-state index is 13.3. The third-order valence-electron chi connectivity index (χ3n) is 5.45. The molecule has 2 heterocycles. The Balaban J connectivity index is 0.00000320. The van der Waals surface area contributed by atoms with Crippen LogP contribution in [0.3, 0.4) is 0 Å². The van der Waals surface area contributed by atoms with Gasteiger partial charge in [0.05, 0.1) is 18.8 Å². The lowest BCUT2D eigenvalue weighted by atomic mass is 10.1. The zero-order valence-electron chi connectivity index (χ0n) is 17.7. The number of rotatable bonds is 7. The lowest BCUT2D eigenvalue weighted by molar-refractivity contribution is -0.0721. The molecule has 2 fully saturated rings. The molecule has 5 nitrogen and oxygen atoms in total. The van der Waals surface area contributed by atoms with Crippen molar-refractivity contribution in [1.82, 2.24) is 10.2 Å². The zero-order valence-corrected chi connectivity index (χ0v) is 20.1. The third kappa shape index (κ3) is 8.26. The normalized spacial score (nSPS) is 20.7. The van der Waals surface area contributed by atoms with Crippen LogP contribution in [0.1, 0.15) is 44.6 Å². The van der Waals surface area contributed by atoms with E-state index in [1.807, 2.05) is 6.92 Å². The van der Waals surface area contributed by atoms with Crippen molar-refractivity contribution in [2.24, 2.45) is 4.99 Å². The predicted molar refractivity (Wildman–Crippen MR) is 126 cm³/mol. The van der Waals surface area contributed by atoms with Gasteiger partial charge in [0.2, 0.25) is 0 Å². The molecule has 1 N–H and O–H groups in total. The Morgan fingerprint density at radius 3 is 2.53 bits per heavy atom. The Hall–Kier alpha value is -1.00. The number of benzene rings is 1. The maximum Gasteiger partial charge on any atom is 0.193 e. The predicted octanol–water partition coefficient (Wildman–Crippen LogP) is 4.14. The van der Waals surface area contributed by atoms with Gasteiger partial charge in [-0.05, 0) is 63.1 Å². The monoisotopic (exact) mass is 537 g/mol. The van der Waals surface area contributed by atoms with Gasteiger partial charge in [0.25, 0.3) is 0 Å². The Morgan fingerprint density at radius 1 is 1.17 bits per heavy atom. The van der Waals surface area contributed by atoms with Crippen molar-refractivity contribution in [3.05, 3.63) is 35.4 Å². The van der Waals surface area contributed by atoms with Gasteiger partial charge < -0.3 is 19.7 Å². The molecule has 0 saturated carbocycles. The summed E-state index contributed by atoms with van der Waals surface area (Å²) in [5.74, 6) is -0.230. The number of halogens is 3. The summed E-state index contributed by atoms with van der Waals surface area (Å²) >= 11 is 0. The molecular weight excluding hydrogens is 503 g/mol. The van der Waals surface area contributed by atoms with Crippen molar-refractivity contribution in [2.75, 3.05) is 39.4 Å². The van der Waals surface area contributed by atoms with Gasteiger partial charge >= 0.3 is 0 Å². The summed E-state index contributed by atoms with van der Waals surface area (Å²) in [6.45, 7) is 6.63. The first kappa shape index (κ1) is 25.3. The summed E-state index contributed by atoms with van der Waals surface area (Å²) in [7, 11) is 0. The number of likely N-dealkylation sites (tertiary alicyclic amines) is 1. The SMILES string of the molecule is CCNC(=NCCc1cc(F)cc(F)c1)N1CCC(OCC2CCCCO2)CC1.I. The summed E-state index contributed by atoms with van der Waals surface area (Å²) in [5.41, 5.74) is 0.624. The average Bonchev–Trinajstić information content (AvgIpc) is 2.72. The fourth-order valence-corrected chi connectivity index (χ4v) is 3.89. The largest absolute Gasteiger partial charge is 0.376 e. The lowest BCUT2D eigenvalue weighted by Crippen LogP contribution is -2.47. The number of aliphatic imine (C=N–C) groups is 1. The number of hydrogen-bond donors (Lipinski definition) is 1. The summed E-state index contributed by atoms with van der Waals surface area (Å²) in [6.07, 6.45) is 6.46. The number of guanidine groups is 1. The molecule has 8 heteroatoms. The van der Waals surface area contributed by atoms with E-state index in [0.29, 0.717) is 25.1 Å². The van der Waals surface area contributed by atoms with Crippen LogP contribution in [0.2, 0.25) is 0 Å². The average molecular weight is 537 g/mol. The topological polar surface area (TPSA) is 46.1 Å². The quantitative estimate of drug-likeness (QED) is 0.323. The molecule has 1 aromatic rings. The number of hydrogen-bond acceptors (Lipinski definition) is 3. The molecule has 0 spiro atoms. The van der Waals surface area contributed by atoms with Gasteiger partial charge in [-0.25, -0.2) is 8.78 Å². The Bertz CT molecular complexity index is 644. The molecule has 0 aromatic heterocycles. The van der Waals surface area contributed by atoms with Crippen LogP contribution >= 0.6 is 24.0 Å². The van der Waals surface area contributed by atoms with Crippen LogP contribution in [0.4, 0.5) is 8.78 Å². The van der Waals surface area contributed by atoms with Gasteiger partial charge in [0.15, 0.2) is 5.96 Å². The van der Waals surface area contributed by atoms with Gasteiger partial charge in [-0.15, -0.1) is 24.0 Å². The molecule has 0 radical (unpaired) electrons. The second kappa shape index (κ2) is 13.4. The molecule has 1 atom stereocenters. The van der Waals surface area contributed by atoms with Gasteiger partial charge in [-0.2, -0.15) is 0 Å². The first-order valence-corrected chi connectivity index (χ1v) is 10.9. The summed E-state index contributed by atoms with van der Waals surface area (Å²) < 4.78 is 38.5. The first-order chi connectivity index (χ1) is 14.1. The van der Waals surface area contributed by atoms with Crippen molar-refractivity contribution >= 4 is 29.9 Å². The van der Waals surface area contributed by atoms with Crippen LogP contribution in [0, 0.1) is 11.6 Å². The molecule has 170 valence electrons. The van der Waals surface area contributed by atoms with Gasteiger partial charge in [-0.3, -0.25) is 4.99 Å². The minimum absolute atomic E-state index is 0. The van der Waals surface area contributed by atoms with Crippen LogP contribution in [0.5, 0.6) is 0 Å². The summed E-state index contributed by atoms with van der Waals surface area (Å²) in [6, 6.07) is 3.62. The van der Waals surface area contributed by atoms with Gasteiger partial charge in [0.1, 0.15) is 11.6 Å². The number of piperidine rings is 1. The fourth-order valence-electron chi connectivity index (χ4n) is 3.89. The molecule has 3 rings (SSSR count). The Labute approximate surface area is 195 Å². The van der Waals surface area contributed by atoms with Crippen LogP contribution in [0.15, 0.2) is 23.2 Å². The molecule has 1 unspecified atom stereocenters. The maximum absolute atomic E-state index is 13.3. The molecule has 1 aromatic carbocycles. The molecular formula is C22H34F2IN3O2. The second-order valence-corrected chi connectivity index (χ2v) is 7.77. The van der Waals surface area contributed by atoms with E-state index in [4.69, 9.17) is 9.47 Å². The Kier molecular flexibility index (Phi) is 11.3. The third-order valence-corrected chi connectivity index (χ3v) is 5.45. The van der Waals surface area contributed by atoms with Crippen LogP contribution in [0.25, 0.3) is 0 Å². The van der Waals surface area contributed by atoms with Crippen LogP contribution in [-0.4, -0.2) is 62.5 Å². The zero-order chi connectivity index (χ0) is 20.5. The van der Waals surface area contributed by atoms with Gasteiger partial charge in [-0.1, -0.05) is 0 Å².